The minimum absolute atomic E-state index is 0.0314. The second-order valence-corrected chi connectivity index (χ2v) is 8.01. The summed E-state index contributed by atoms with van der Waals surface area (Å²) in [6.07, 6.45) is 2.49. The number of carbonyl (C=O) groups is 2. The van der Waals surface area contributed by atoms with Gasteiger partial charge in [-0.15, -0.1) is 0 Å². The van der Waals surface area contributed by atoms with E-state index in [1.807, 2.05) is 47.4 Å². The number of nitrogens with zero attached hydrogens (tertiary/aromatic N) is 2. The zero-order valence-electron chi connectivity index (χ0n) is 16.6. The van der Waals surface area contributed by atoms with Crippen molar-refractivity contribution in [2.45, 2.75) is 38.3 Å². The van der Waals surface area contributed by atoms with E-state index in [9.17, 15) is 9.59 Å². The maximum absolute atomic E-state index is 13.4. The van der Waals surface area contributed by atoms with E-state index in [1.54, 1.807) is 4.90 Å². The predicted octanol–water partition coefficient (Wildman–Crippen LogP) is 3.65. The third-order valence-electron chi connectivity index (χ3n) is 6.24. The second-order valence-electron chi connectivity index (χ2n) is 8.01. The number of rotatable bonds is 4. The summed E-state index contributed by atoms with van der Waals surface area (Å²) in [5.41, 5.74) is 4.29. The van der Waals surface area contributed by atoms with Gasteiger partial charge in [0, 0.05) is 29.6 Å². The number of aromatic nitrogens is 1. The highest BCUT2D eigenvalue weighted by atomic mass is 16.2. The van der Waals surface area contributed by atoms with Crippen LogP contribution >= 0.6 is 0 Å². The van der Waals surface area contributed by atoms with E-state index in [1.165, 1.54) is 0 Å². The van der Waals surface area contributed by atoms with Crippen molar-refractivity contribution in [1.29, 1.82) is 0 Å². The van der Waals surface area contributed by atoms with Crippen LogP contribution in [-0.4, -0.2) is 45.7 Å². The van der Waals surface area contributed by atoms with Gasteiger partial charge >= 0.3 is 0 Å². The van der Waals surface area contributed by atoms with Crippen LogP contribution in [0.5, 0.6) is 0 Å². The highest BCUT2D eigenvalue weighted by Gasteiger charge is 2.47. The SMILES string of the molecule is CCCCN1CC(=O)N2[C@@H](c3ccccc3)c3[nH]c4ccccc4c3C[C@H]2C1=O. The summed E-state index contributed by atoms with van der Waals surface area (Å²) in [6.45, 7) is 2.93. The Kier molecular flexibility index (Phi) is 4.38. The average molecular weight is 387 g/mol. The summed E-state index contributed by atoms with van der Waals surface area (Å²) in [6, 6.07) is 17.6. The van der Waals surface area contributed by atoms with Crippen LogP contribution < -0.4 is 0 Å². The first-order valence-corrected chi connectivity index (χ1v) is 10.4. The molecule has 2 amide bonds. The zero-order valence-corrected chi connectivity index (χ0v) is 16.6. The Hall–Kier alpha value is -3.08. The molecule has 1 N–H and O–H groups in total. The number of unbranched alkanes of at least 4 members (excludes halogenated alkanes) is 1. The lowest BCUT2D eigenvalue weighted by molar-refractivity contribution is -0.158. The molecule has 3 aromatic rings. The zero-order chi connectivity index (χ0) is 20.0. The summed E-state index contributed by atoms with van der Waals surface area (Å²) >= 11 is 0. The third-order valence-corrected chi connectivity index (χ3v) is 6.24. The number of carbonyl (C=O) groups excluding carboxylic acids is 2. The Morgan fingerprint density at radius 2 is 1.79 bits per heavy atom. The molecule has 0 saturated carbocycles. The van der Waals surface area contributed by atoms with E-state index in [0.29, 0.717) is 13.0 Å². The lowest BCUT2D eigenvalue weighted by atomic mass is 9.86. The topological polar surface area (TPSA) is 56.4 Å². The van der Waals surface area contributed by atoms with Gasteiger partial charge in [0.05, 0.1) is 12.6 Å². The first kappa shape index (κ1) is 18.0. The molecule has 2 aliphatic heterocycles. The minimum Gasteiger partial charge on any atom is -0.356 e. The van der Waals surface area contributed by atoms with Crippen molar-refractivity contribution in [3.8, 4) is 0 Å². The van der Waals surface area contributed by atoms with Gasteiger partial charge in [-0.3, -0.25) is 9.59 Å². The Morgan fingerprint density at radius 3 is 2.59 bits per heavy atom. The molecule has 2 aliphatic rings. The number of benzene rings is 2. The number of hydrogen-bond acceptors (Lipinski definition) is 2. The van der Waals surface area contributed by atoms with Crippen molar-refractivity contribution < 1.29 is 9.59 Å². The van der Waals surface area contributed by atoms with Gasteiger partial charge in [0.2, 0.25) is 11.8 Å². The lowest BCUT2D eigenvalue weighted by Crippen LogP contribution is -2.63. The molecule has 5 nitrogen and oxygen atoms in total. The summed E-state index contributed by atoms with van der Waals surface area (Å²) in [5.74, 6) is 0.110. The van der Waals surface area contributed by atoms with E-state index in [0.717, 1.165) is 40.6 Å². The van der Waals surface area contributed by atoms with E-state index in [4.69, 9.17) is 0 Å². The molecule has 2 atom stereocenters. The molecule has 5 rings (SSSR count). The number of amides is 2. The van der Waals surface area contributed by atoms with Crippen LogP contribution in [0.25, 0.3) is 10.9 Å². The van der Waals surface area contributed by atoms with Crippen molar-refractivity contribution in [1.82, 2.24) is 14.8 Å². The quantitative estimate of drug-likeness (QED) is 0.743. The molecule has 0 bridgehead atoms. The number of piperazine rings is 1. The van der Waals surface area contributed by atoms with Gasteiger partial charge in [-0.25, -0.2) is 0 Å². The molecule has 0 spiro atoms. The van der Waals surface area contributed by atoms with Gasteiger partial charge in [-0.1, -0.05) is 61.9 Å². The molecule has 148 valence electrons. The average Bonchev–Trinajstić information content (AvgIpc) is 3.13. The van der Waals surface area contributed by atoms with Gasteiger partial charge in [0.1, 0.15) is 6.04 Å². The molecule has 1 fully saturated rings. The number of nitrogens with one attached hydrogen (secondary N) is 1. The van der Waals surface area contributed by atoms with Crippen LogP contribution in [0.15, 0.2) is 54.6 Å². The molecular weight excluding hydrogens is 362 g/mol. The fourth-order valence-corrected chi connectivity index (χ4v) is 4.84. The molecule has 5 heteroatoms. The Morgan fingerprint density at radius 1 is 1.03 bits per heavy atom. The van der Waals surface area contributed by atoms with Crippen molar-refractivity contribution in [2.24, 2.45) is 0 Å². The number of fused-ring (bicyclic) bond motifs is 4. The van der Waals surface area contributed by atoms with Gasteiger partial charge in [0.15, 0.2) is 0 Å². The Balaban J connectivity index is 1.66. The largest absolute Gasteiger partial charge is 0.356 e. The maximum Gasteiger partial charge on any atom is 0.246 e. The van der Waals surface area contributed by atoms with Crippen LogP contribution in [-0.2, 0) is 16.0 Å². The number of aromatic amines is 1. The summed E-state index contributed by atoms with van der Waals surface area (Å²) in [4.78, 5) is 33.8. The monoisotopic (exact) mass is 387 g/mol. The number of hydrogen-bond donors (Lipinski definition) is 1. The van der Waals surface area contributed by atoms with Crippen LogP contribution in [0.4, 0.5) is 0 Å². The fraction of sp³-hybridized carbons (Fsp3) is 0.333. The van der Waals surface area contributed by atoms with Crippen molar-refractivity contribution in [2.75, 3.05) is 13.1 Å². The fourth-order valence-electron chi connectivity index (χ4n) is 4.84. The molecule has 1 aromatic heterocycles. The molecule has 1 saturated heterocycles. The minimum atomic E-state index is -0.440. The van der Waals surface area contributed by atoms with E-state index in [2.05, 4.69) is 24.0 Å². The standard InChI is InChI=1S/C24H25N3O2/c1-2-3-13-26-15-21(28)27-20(24(26)29)14-18-17-11-7-8-12-19(17)25-22(18)23(27)16-9-5-4-6-10-16/h4-12,20,23,25H,2-3,13-15H2,1H3/t20-,23-/m0/s1. The van der Waals surface area contributed by atoms with E-state index < -0.39 is 6.04 Å². The summed E-state index contributed by atoms with van der Waals surface area (Å²) < 4.78 is 0. The summed E-state index contributed by atoms with van der Waals surface area (Å²) in [5, 5.41) is 1.15. The van der Waals surface area contributed by atoms with E-state index in [-0.39, 0.29) is 24.4 Å². The van der Waals surface area contributed by atoms with Crippen molar-refractivity contribution in [3.05, 3.63) is 71.4 Å². The third kappa shape index (κ3) is 2.84. The Bertz CT molecular complexity index is 1070. The van der Waals surface area contributed by atoms with Crippen molar-refractivity contribution >= 4 is 22.7 Å². The van der Waals surface area contributed by atoms with Gasteiger partial charge < -0.3 is 14.8 Å². The lowest BCUT2D eigenvalue weighted by Gasteiger charge is -2.47. The highest BCUT2D eigenvalue weighted by Crippen LogP contribution is 2.42. The van der Waals surface area contributed by atoms with Gasteiger partial charge in [-0.2, -0.15) is 0 Å². The molecule has 0 unspecified atom stereocenters. The van der Waals surface area contributed by atoms with Gasteiger partial charge in [0.25, 0.3) is 0 Å². The number of para-hydroxylation sites is 1. The van der Waals surface area contributed by atoms with Gasteiger partial charge in [-0.05, 0) is 23.6 Å². The molecule has 0 aliphatic carbocycles. The number of H-pyrrole nitrogens is 1. The smallest absolute Gasteiger partial charge is 0.246 e. The molecular formula is C24H25N3O2. The summed E-state index contributed by atoms with van der Waals surface area (Å²) in [7, 11) is 0. The highest BCUT2D eigenvalue weighted by molar-refractivity contribution is 5.97. The van der Waals surface area contributed by atoms with Crippen LogP contribution in [0.1, 0.15) is 42.6 Å². The molecule has 2 aromatic carbocycles. The molecule has 29 heavy (non-hydrogen) atoms. The molecule has 3 heterocycles. The van der Waals surface area contributed by atoms with Crippen molar-refractivity contribution in [3.63, 3.8) is 0 Å². The molecule has 0 radical (unpaired) electrons. The van der Waals surface area contributed by atoms with Crippen LogP contribution in [0.3, 0.4) is 0 Å². The maximum atomic E-state index is 13.4. The normalized spacial score (nSPS) is 21.4. The van der Waals surface area contributed by atoms with E-state index >= 15 is 0 Å². The van der Waals surface area contributed by atoms with Crippen LogP contribution in [0, 0.1) is 0 Å². The van der Waals surface area contributed by atoms with Crippen LogP contribution in [0.2, 0.25) is 0 Å². The first-order chi connectivity index (χ1) is 14.2. The Labute approximate surface area is 170 Å². The first-order valence-electron chi connectivity index (χ1n) is 10.4. The second kappa shape index (κ2) is 7.07. The predicted molar refractivity (Wildman–Crippen MR) is 112 cm³/mol.